The highest BCUT2D eigenvalue weighted by Crippen LogP contribution is 2.44. The van der Waals surface area contributed by atoms with Gasteiger partial charge >= 0.3 is 0 Å². The zero-order valence-corrected chi connectivity index (χ0v) is 36.2. The Balaban J connectivity index is 0.899. The molecule has 11 aromatic carbocycles. The summed E-state index contributed by atoms with van der Waals surface area (Å²) in [7, 11) is 0. The molecule has 0 aliphatic heterocycles. The fourth-order valence-corrected chi connectivity index (χ4v) is 11.3. The highest BCUT2D eigenvalue weighted by molar-refractivity contribution is 7.26. The molecular weight excluding hydrogens is 805 g/mol. The first-order chi connectivity index (χ1) is 32.2. The van der Waals surface area contributed by atoms with Crippen molar-refractivity contribution < 1.29 is 0 Å². The summed E-state index contributed by atoms with van der Waals surface area (Å²) >= 11 is 1.89. The summed E-state index contributed by atoms with van der Waals surface area (Å²) in [5.74, 6) is 0. The van der Waals surface area contributed by atoms with E-state index in [0.717, 1.165) is 22.7 Å². The van der Waals surface area contributed by atoms with E-state index >= 15 is 0 Å². The number of nitrogens with zero attached hydrogens (tertiary/aromatic N) is 2. The largest absolute Gasteiger partial charge is 0.310 e. The summed E-state index contributed by atoms with van der Waals surface area (Å²) < 4.78 is 5.00. The van der Waals surface area contributed by atoms with Crippen LogP contribution in [0.4, 0.5) is 17.1 Å². The topological polar surface area (TPSA) is 8.17 Å². The number of para-hydroxylation sites is 2. The van der Waals surface area contributed by atoms with E-state index in [2.05, 4.69) is 252 Å². The zero-order chi connectivity index (χ0) is 42.8. The number of thiophene rings is 1. The van der Waals surface area contributed by atoms with Gasteiger partial charge in [0.05, 0.1) is 11.0 Å². The molecule has 0 saturated heterocycles. The normalized spacial score (nSPS) is 11.7. The number of hydrogen-bond donors (Lipinski definition) is 0. The van der Waals surface area contributed by atoms with Gasteiger partial charge in [0.1, 0.15) is 0 Å². The molecule has 0 aliphatic rings. The van der Waals surface area contributed by atoms with Crippen molar-refractivity contribution in [2.45, 2.75) is 0 Å². The summed E-state index contributed by atoms with van der Waals surface area (Å²) in [5.41, 5.74) is 14.1. The Bertz CT molecular complexity index is 3890. The molecule has 2 aromatic heterocycles. The SMILES string of the molecule is c1cc(-c2ccc(N(c3ccc(-c4cccc(-n5c6ccccc6c6ccccc65)c4)cc3)c3ccc4c(c3)sc3c5ccccc5ccc43)cc2)cc(-c2cccc3ccccc23)c1. The van der Waals surface area contributed by atoms with Gasteiger partial charge in [-0.05, 0) is 122 Å². The minimum atomic E-state index is 1.10. The number of fused-ring (bicyclic) bond motifs is 9. The van der Waals surface area contributed by atoms with E-state index in [1.807, 2.05) is 11.3 Å². The lowest BCUT2D eigenvalue weighted by Gasteiger charge is -2.26. The molecule has 3 heteroatoms. The molecule has 0 fully saturated rings. The summed E-state index contributed by atoms with van der Waals surface area (Å²) in [4.78, 5) is 2.40. The molecule has 2 nitrogen and oxygen atoms in total. The molecule has 0 amide bonds. The zero-order valence-electron chi connectivity index (χ0n) is 35.4. The first kappa shape index (κ1) is 37.3. The number of aromatic nitrogens is 1. The summed E-state index contributed by atoms with van der Waals surface area (Å²) in [6.45, 7) is 0. The molecule has 0 radical (unpaired) electrons. The monoisotopic (exact) mass is 844 g/mol. The second-order valence-corrected chi connectivity index (χ2v) is 18.0. The molecule has 0 aliphatic carbocycles. The van der Waals surface area contributed by atoms with E-state index in [1.165, 1.54) is 96.9 Å². The van der Waals surface area contributed by atoms with Gasteiger partial charge in [0.2, 0.25) is 0 Å². The predicted molar refractivity (Wildman–Crippen MR) is 280 cm³/mol. The lowest BCUT2D eigenvalue weighted by molar-refractivity contribution is 1.18. The van der Waals surface area contributed by atoms with Crippen LogP contribution in [-0.2, 0) is 0 Å². The van der Waals surface area contributed by atoms with Crippen LogP contribution in [0, 0.1) is 0 Å². The Morgan fingerprint density at radius 1 is 0.308 bits per heavy atom. The van der Waals surface area contributed by atoms with Gasteiger partial charge in [-0.15, -0.1) is 11.3 Å². The van der Waals surface area contributed by atoms with Gasteiger partial charge in [-0.25, -0.2) is 0 Å². The van der Waals surface area contributed by atoms with Crippen LogP contribution in [-0.4, -0.2) is 4.57 Å². The van der Waals surface area contributed by atoms with Crippen LogP contribution in [0.25, 0.3) is 103 Å². The molecule has 304 valence electrons. The van der Waals surface area contributed by atoms with E-state index < -0.39 is 0 Å². The van der Waals surface area contributed by atoms with E-state index in [4.69, 9.17) is 0 Å². The van der Waals surface area contributed by atoms with E-state index in [9.17, 15) is 0 Å². The maximum Gasteiger partial charge on any atom is 0.0541 e. The van der Waals surface area contributed by atoms with Crippen molar-refractivity contribution in [3.63, 3.8) is 0 Å². The molecule has 0 unspecified atom stereocenters. The Kier molecular flexibility index (Phi) is 8.75. The minimum Gasteiger partial charge on any atom is -0.310 e. The molecule has 0 saturated carbocycles. The number of anilines is 3. The first-order valence-corrected chi connectivity index (χ1v) is 23.1. The Morgan fingerprint density at radius 3 is 1.54 bits per heavy atom. The first-order valence-electron chi connectivity index (χ1n) is 22.2. The third-order valence-corrected chi connectivity index (χ3v) is 14.4. The lowest BCUT2D eigenvalue weighted by atomic mass is 9.95. The van der Waals surface area contributed by atoms with Crippen molar-refractivity contribution in [3.8, 4) is 39.1 Å². The van der Waals surface area contributed by atoms with Crippen molar-refractivity contribution in [1.29, 1.82) is 0 Å². The average Bonchev–Trinajstić information content (AvgIpc) is 3.93. The number of benzene rings is 11. The van der Waals surface area contributed by atoms with Crippen LogP contribution >= 0.6 is 11.3 Å². The Hall–Kier alpha value is -8.24. The van der Waals surface area contributed by atoms with Gasteiger partial charge in [0.15, 0.2) is 0 Å². The maximum atomic E-state index is 2.40. The van der Waals surface area contributed by atoms with Crippen LogP contribution in [0.5, 0.6) is 0 Å². The third kappa shape index (κ3) is 6.31. The molecule has 65 heavy (non-hydrogen) atoms. The van der Waals surface area contributed by atoms with Gasteiger partial charge in [0, 0.05) is 53.7 Å². The van der Waals surface area contributed by atoms with Crippen molar-refractivity contribution >= 4 is 91.9 Å². The van der Waals surface area contributed by atoms with Crippen LogP contribution in [0.2, 0.25) is 0 Å². The van der Waals surface area contributed by atoms with Gasteiger partial charge in [0.25, 0.3) is 0 Å². The van der Waals surface area contributed by atoms with E-state index in [1.54, 1.807) is 0 Å². The predicted octanol–water partition coefficient (Wildman–Crippen LogP) is 17.9. The Labute approximate surface area is 381 Å². The van der Waals surface area contributed by atoms with Crippen LogP contribution < -0.4 is 4.90 Å². The van der Waals surface area contributed by atoms with Gasteiger partial charge < -0.3 is 9.47 Å². The van der Waals surface area contributed by atoms with Crippen LogP contribution in [0.15, 0.2) is 243 Å². The van der Waals surface area contributed by atoms with E-state index in [0.29, 0.717) is 0 Å². The van der Waals surface area contributed by atoms with Crippen molar-refractivity contribution in [1.82, 2.24) is 4.57 Å². The lowest BCUT2D eigenvalue weighted by Crippen LogP contribution is -2.09. The summed E-state index contributed by atoms with van der Waals surface area (Å²) in [6.07, 6.45) is 0. The van der Waals surface area contributed by atoms with Crippen molar-refractivity contribution in [2.75, 3.05) is 4.90 Å². The molecular formula is C62H40N2S. The standard InChI is InChI=1S/C62H40N2S/c1-3-19-52-43(12-1)14-11-23-53(52)47-17-9-15-45(38-47)41-26-31-48(32-27-41)63(51-35-37-57-58-36-30-44-13-2-4-20-54(44)62(58)65-61(57)40-51)49-33-28-42(29-34-49)46-16-10-18-50(39-46)64-59-24-7-5-21-55(59)56-22-6-8-25-60(56)64/h1-40H. The average molecular weight is 845 g/mol. The fourth-order valence-electron chi connectivity index (χ4n) is 10.1. The molecule has 2 heterocycles. The molecule has 13 rings (SSSR count). The Morgan fingerprint density at radius 2 is 0.831 bits per heavy atom. The second-order valence-electron chi connectivity index (χ2n) is 16.9. The van der Waals surface area contributed by atoms with Gasteiger partial charge in [-0.1, -0.05) is 176 Å². The third-order valence-electron chi connectivity index (χ3n) is 13.2. The highest BCUT2D eigenvalue weighted by Gasteiger charge is 2.18. The van der Waals surface area contributed by atoms with Crippen molar-refractivity contribution in [3.05, 3.63) is 243 Å². The smallest absolute Gasteiger partial charge is 0.0541 e. The van der Waals surface area contributed by atoms with Gasteiger partial charge in [-0.3, -0.25) is 0 Å². The quantitative estimate of drug-likeness (QED) is 0.155. The maximum absolute atomic E-state index is 2.40. The molecule has 0 bridgehead atoms. The highest BCUT2D eigenvalue weighted by atomic mass is 32.1. The summed E-state index contributed by atoms with van der Waals surface area (Å²) in [6, 6.07) is 88.9. The summed E-state index contributed by atoms with van der Waals surface area (Å²) in [5, 5.41) is 10.2. The number of rotatable bonds is 7. The van der Waals surface area contributed by atoms with Crippen LogP contribution in [0.3, 0.4) is 0 Å². The fraction of sp³-hybridized carbons (Fsp3) is 0. The second kappa shape index (κ2) is 15.2. The molecule has 0 spiro atoms. The molecule has 13 aromatic rings. The van der Waals surface area contributed by atoms with Crippen LogP contribution in [0.1, 0.15) is 0 Å². The van der Waals surface area contributed by atoms with Crippen molar-refractivity contribution in [2.24, 2.45) is 0 Å². The molecule has 0 atom stereocenters. The van der Waals surface area contributed by atoms with E-state index in [-0.39, 0.29) is 0 Å². The molecule has 0 N–H and O–H groups in total. The minimum absolute atomic E-state index is 1.10. The van der Waals surface area contributed by atoms with Gasteiger partial charge in [-0.2, -0.15) is 0 Å². The number of hydrogen-bond acceptors (Lipinski definition) is 2.